The lowest BCUT2D eigenvalue weighted by Gasteiger charge is -2.37. The zero-order chi connectivity index (χ0) is 22.3. The second-order valence-corrected chi connectivity index (χ2v) is 8.19. The van der Waals surface area contributed by atoms with Gasteiger partial charge in [-0.2, -0.15) is 18.4 Å². The van der Waals surface area contributed by atoms with E-state index in [0.717, 1.165) is 36.8 Å². The Kier molecular flexibility index (Phi) is 5.50. The fourth-order valence-corrected chi connectivity index (χ4v) is 4.49. The molecule has 2 heterocycles. The van der Waals surface area contributed by atoms with E-state index in [0.29, 0.717) is 28.1 Å². The average Bonchev–Trinajstić information content (AvgIpc) is 3.04. The molecule has 0 spiro atoms. The van der Waals surface area contributed by atoms with E-state index < -0.39 is 12.2 Å². The van der Waals surface area contributed by atoms with Gasteiger partial charge in [-0.3, -0.25) is 0 Å². The predicted octanol–water partition coefficient (Wildman–Crippen LogP) is 5.97. The molecule has 1 fully saturated rings. The Hall–Kier alpha value is -2.88. The lowest BCUT2D eigenvalue weighted by atomic mass is 9.92. The molecule has 1 atom stereocenters. The number of aryl methyl sites for hydroxylation is 1. The Morgan fingerprint density at radius 2 is 2.03 bits per heavy atom. The second kappa shape index (κ2) is 7.99. The van der Waals surface area contributed by atoms with Gasteiger partial charge in [0, 0.05) is 12.6 Å². The summed E-state index contributed by atoms with van der Waals surface area (Å²) in [5, 5.41) is 10.8. The maximum atomic E-state index is 13.7. The molecular formula is C24H26F3N3O. The van der Waals surface area contributed by atoms with Gasteiger partial charge in [0.2, 0.25) is 0 Å². The molecule has 1 aromatic heterocycles. The standard InChI is InChI=1S/C24H26F3N3O/c1-4-16-12-20-22(21(13-16)31-3)18(14-28)23(30(20)17-8-7-9-17)19-10-5-6-11-29(19)15(2)24(25,26)27/h5-6,10,12-13,15,17H,4,7-9,11H2,1-3H3/t15-/m0/s1. The van der Waals surface area contributed by atoms with Crippen molar-refractivity contribution in [3.8, 4) is 11.8 Å². The Morgan fingerprint density at radius 3 is 2.58 bits per heavy atom. The summed E-state index contributed by atoms with van der Waals surface area (Å²) in [5.74, 6) is 0.590. The molecule has 31 heavy (non-hydrogen) atoms. The van der Waals surface area contributed by atoms with Crippen molar-refractivity contribution in [3.63, 3.8) is 0 Å². The summed E-state index contributed by atoms with van der Waals surface area (Å²) in [5.41, 5.74) is 3.31. The van der Waals surface area contributed by atoms with Crippen LogP contribution in [-0.4, -0.2) is 35.3 Å². The van der Waals surface area contributed by atoms with E-state index in [9.17, 15) is 18.4 Å². The number of ether oxygens (including phenoxy) is 1. The zero-order valence-corrected chi connectivity index (χ0v) is 18.0. The highest BCUT2D eigenvalue weighted by atomic mass is 19.4. The Labute approximate surface area is 180 Å². The molecule has 0 saturated heterocycles. The number of rotatable bonds is 5. The van der Waals surface area contributed by atoms with Gasteiger partial charge in [0.15, 0.2) is 0 Å². The number of hydrogen-bond acceptors (Lipinski definition) is 3. The first kappa shape index (κ1) is 21.4. The first-order valence-electron chi connectivity index (χ1n) is 10.7. The average molecular weight is 429 g/mol. The maximum Gasteiger partial charge on any atom is 0.408 e. The number of nitriles is 1. The van der Waals surface area contributed by atoms with Crippen molar-refractivity contribution in [2.24, 2.45) is 0 Å². The summed E-state index contributed by atoms with van der Waals surface area (Å²) in [7, 11) is 1.57. The lowest BCUT2D eigenvalue weighted by Crippen LogP contribution is -2.43. The summed E-state index contributed by atoms with van der Waals surface area (Å²) in [6.45, 7) is 3.36. The van der Waals surface area contributed by atoms with Crippen LogP contribution in [0.1, 0.15) is 56.0 Å². The van der Waals surface area contributed by atoms with E-state index in [2.05, 4.69) is 16.7 Å². The van der Waals surface area contributed by atoms with Gasteiger partial charge in [-0.15, -0.1) is 0 Å². The van der Waals surface area contributed by atoms with Gasteiger partial charge in [-0.05, 0) is 56.4 Å². The quantitative estimate of drug-likeness (QED) is 0.588. The molecule has 1 aliphatic carbocycles. The Morgan fingerprint density at radius 1 is 1.29 bits per heavy atom. The second-order valence-electron chi connectivity index (χ2n) is 8.19. The van der Waals surface area contributed by atoms with E-state index in [1.807, 2.05) is 13.0 Å². The van der Waals surface area contributed by atoms with Gasteiger partial charge in [0.1, 0.15) is 17.9 Å². The van der Waals surface area contributed by atoms with Crippen LogP contribution in [0, 0.1) is 11.3 Å². The molecule has 4 nitrogen and oxygen atoms in total. The third kappa shape index (κ3) is 3.48. The van der Waals surface area contributed by atoms with Crippen LogP contribution in [0.2, 0.25) is 0 Å². The van der Waals surface area contributed by atoms with Gasteiger partial charge in [-0.25, -0.2) is 0 Å². The Balaban J connectivity index is 2.04. The van der Waals surface area contributed by atoms with Gasteiger partial charge in [0.25, 0.3) is 0 Å². The van der Waals surface area contributed by atoms with Crippen molar-refractivity contribution in [1.82, 2.24) is 9.47 Å². The summed E-state index contributed by atoms with van der Waals surface area (Å²) in [4.78, 5) is 1.34. The van der Waals surface area contributed by atoms with E-state index in [-0.39, 0.29) is 12.6 Å². The predicted molar refractivity (Wildman–Crippen MR) is 115 cm³/mol. The highest BCUT2D eigenvalue weighted by molar-refractivity contribution is 5.98. The highest BCUT2D eigenvalue weighted by Gasteiger charge is 2.42. The van der Waals surface area contributed by atoms with Crippen molar-refractivity contribution in [3.05, 3.63) is 47.2 Å². The topological polar surface area (TPSA) is 41.2 Å². The SMILES string of the molecule is CCc1cc(OC)c2c(C#N)c(C3=CC=CCN3[C@@H](C)C(F)(F)F)n(C3CCC3)c2c1. The zero-order valence-electron chi connectivity index (χ0n) is 18.0. The number of aromatic nitrogens is 1. The number of halogens is 3. The van der Waals surface area contributed by atoms with Crippen LogP contribution in [0.5, 0.6) is 5.75 Å². The highest BCUT2D eigenvalue weighted by Crippen LogP contribution is 2.45. The molecule has 1 aliphatic heterocycles. The van der Waals surface area contributed by atoms with Crippen LogP contribution >= 0.6 is 0 Å². The van der Waals surface area contributed by atoms with Crippen molar-refractivity contribution < 1.29 is 17.9 Å². The molecule has 2 aliphatic rings. The van der Waals surface area contributed by atoms with Gasteiger partial charge in [-0.1, -0.05) is 19.1 Å². The van der Waals surface area contributed by atoms with Crippen LogP contribution in [0.4, 0.5) is 13.2 Å². The molecular weight excluding hydrogens is 403 g/mol. The molecule has 0 radical (unpaired) electrons. The minimum absolute atomic E-state index is 0.140. The minimum atomic E-state index is -4.38. The van der Waals surface area contributed by atoms with Gasteiger partial charge < -0.3 is 14.2 Å². The van der Waals surface area contributed by atoms with Crippen LogP contribution in [-0.2, 0) is 6.42 Å². The fourth-order valence-electron chi connectivity index (χ4n) is 4.49. The molecule has 2 aromatic rings. The van der Waals surface area contributed by atoms with E-state index in [1.165, 1.54) is 11.8 Å². The van der Waals surface area contributed by atoms with E-state index in [4.69, 9.17) is 4.74 Å². The number of allylic oxidation sites excluding steroid dienone is 2. The maximum absolute atomic E-state index is 13.7. The molecule has 1 saturated carbocycles. The van der Waals surface area contributed by atoms with Gasteiger partial charge >= 0.3 is 6.18 Å². The summed E-state index contributed by atoms with van der Waals surface area (Å²) < 4.78 is 48.8. The molecule has 164 valence electrons. The largest absolute Gasteiger partial charge is 0.496 e. The fraction of sp³-hybridized carbons (Fsp3) is 0.458. The van der Waals surface area contributed by atoms with Crippen LogP contribution < -0.4 is 4.74 Å². The van der Waals surface area contributed by atoms with Crippen molar-refractivity contribution >= 4 is 16.6 Å². The molecule has 7 heteroatoms. The monoisotopic (exact) mass is 429 g/mol. The van der Waals surface area contributed by atoms with Crippen molar-refractivity contribution in [2.45, 2.75) is 57.8 Å². The number of fused-ring (bicyclic) bond motifs is 1. The molecule has 0 bridgehead atoms. The summed E-state index contributed by atoms with van der Waals surface area (Å²) in [6.07, 6.45) is 4.55. The molecule has 1 aromatic carbocycles. The Bertz CT molecular complexity index is 1100. The number of hydrogen-bond donors (Lipinski definition) is 0. The van der Waals surface area contributed by atoms with Crippen molar-refractivity contribution in [1.29, 1.82) is 5.26 Å². The molecule has 0 unspecified atom stereocenters. The van der Waals surface area contributed by atoms with Crippen LogP contribution in [0.25, 0.3) is 16.6 Å². The lowest BCUT2D eigenvalue weighted by molar-refractivity contribution is -0.169. The number of nitrogens with zero attached hydrogens (tertiary/aromatic N) is 3. The number of benzene rings is 1. The number of methoxy groups -OCH3 is 1. The summed E-state index contributed by atoms with van der Waals surface area (Å²) in [6, 6.07) is 4.76. The number of alkyl halides is 3. The normalized spacial score (nSPS) is 18.0. The smallest absolute Gasteiger partial charge is 0.408 e. The third-order valence-electron chi connectivity index (χ3n) is 6.49. The van der Waals surface area contributed by atoms with Gasteiger partial charge in [0.05, 0.1) is 35.0 Å². The van der Waals surface area contributed by atoms with Crippen LogP contribution in [0.3, 0.4) is 0 Å². The van der Waals surface area contributed by atoms with Crippen LogP contribution in [0.15, 0.2) is 30.4 Å². The van der Waals surface area contributed by atoms with E-state index >= 15 is 0 Å². The molecule has 0 N–H and O–H groups in total. The summed E-state index contributed by atoms with van der Waals surface area (Å²) >= 11 is 0. The third-order valence-corrected chi connectivity index (χ3v) is 6.49. The first-order chi connectivity index (χ1) is 14.8. The van der Waals surface area contributed by atoms with E-state index in [1.54, 1.807) is 25.3 Å². The van der Waals surface area contributed by atoms with Crippen molar-refractivity contribution in [2.75, 3.05) is 13.7 Å². The first-order valence-corrected chi connectivity index (χ1v) is 10.7. The molecule has 4 rings (SSSR count). The molecule has 0 amide bonds. The minimum Gasteiger partial charge on any atom is -0.496 e.